The van der Waals surface area contributed by atoms with Crippen LogP contribution in [0.4, 0.5) is 14.7 Å². The summed E-state index contributed by atoms with van der Waals surface area (Å²) in [5.74, 6) is -0.684. The molecule has 7 nitrogen and oxygen atoms in total. The van der Waals surface area contributed by atoms with Gasteiger partial charge >= 0.3 is 191 Å². The van der Waals surface area contributed by atoms with E-state index in [2.05, 4.69) is 20.2 Å². The minimum absolute atomic E-state index is 0.0373. The Hall–Kier alpha value is -3.29. The molecule has 1 aliphatic rings. The Kier molecular flexibility index (Phi) is 4.99. The molecule has 1 saturated heterocycles. The first-order valence-corrected chi connectivity index (χ1v) is 12.8. The third-order valence-electron chi connectivity index (χ3n) is 5.91. The molecule has 0 atom stereocenters. The predicted octanol–water partition coefficient (Wildman–Crippen LogP) is 2.38. The molecule has 10 heteroatoms. The third kappa shape index (κ3) is 4.21. The van der Waals surface area contributed by atoms with Crippen molar-refractivity contribution >= 4 is 29.5 Å². The summed E-state index contributed by atoms with van der Waals surface area (Å²) >= 11 is 0. The van der Waals surface area contributed by atoms with Crippen molar-refractivity contribution in [2.24, 2.45) is 0 Å². The molecule has 0 aliphatic carbocycles. The van der Waals surface area contributed by atoms with Crippen LogP contribution in [0.5, 0.6) is 0 Å². The van der Waals surface area contributed by atoms with E-state index < -0.39 is 31.1 Å². The zero-order valence-electron chi connectivity index (χ0n) is 19.4. The molecule has 1 fully saturated rings. The molecule has 0 spiro atoms. The molecule has 5 rings (SSSR count). The third-order valence-corrected chi connectivity index (χ3v) is 9.39. The van der Waals surface area contributed by atoms with Gasteiger partial charge in [0.05, 0.1) is 0 Å². The van der Waals surface area contributed by atoms with E-state index in [1.54, 1.807) is 18.5 Å². The van der Waals surface area contributed by atoms with Crippen molar-refractivity contribution in [1.82, 2.24) is 20.2 Å². The summed E-state index contributed by atoms with van der Waals surface area (Å²) in [5, 5.41) is 6.36. The Balaban J connectivity index is 1.51. The normalized spacial score (nSPS) is 18.0. The van der Waals surface area contributed by atoms with E-state index in [0.29, 0.717) is 31.4 Å². The Morgan fingerprint density at radius 2 is 1.85 bits per heavy atom. The molecule has 4 aromatic rings. The van der Waals surface area contributed by atoms with Crippen LogP contribution in [0.15, 0.2) is 59.7 Å². The van der Waals surface area contributed by atoms with Crippen molar-refractivity contribution < 1.29 is 16.4 Å². The van der Waals surface area contributed by atoms with Gasteiger partial charge in [-0.05, 0) is 0 Å². The van der Waals surface area contributed by atoms with Crippen LogP contribution in [-0.2, 0) is 6.37 Å². The van der Waals surface area contributed by atoms with Crippen LogP contribution in [0.1, 0.15) is 14.0 Å². The van der Waals surface area contributed by atoms with Gasteiger partial charge in [-0.3, -0.25) is 0 Å². The fourth-order valence-corrected chi connectivity index (χ4v) is 7.15. The first-order valence-electron chi connectivity index (χ1n) is 11.4. The van der Waals surface area contributed by atoms with E-state index in [4.69, 9.17) is 2.74 Å². The molecular weight excluding hydrogens is 447 g/mol. The molecule has 0 bridgehead atoms. The molecule has 33 heavy (non-hydrogen) atoms. The minimum atomic E-state index is -3.28. The van der Waals surface area contributed by atoms with Gasteiger partial charge < -0.3 is 0 Å². The maximum absolute atomic E-state index is 15.0. The Morgan fingerprint density at radius 1 is 1.09 bits per heavy atom. The van der Waals surface area contributed by atoms with E-state index in [1.165, 1.54) is 18.2 Å². The number of H-pyrrole nitrogens is 1. The van der Waals surface area contributed by atoms with Crippen LogP contribution >= 0.6 is 7.49 Å². The van der Waals surface area contributed by atoms with Crippen LogP contribution in [0, 0.1) is 11.6 Å². The van der Waals surface area contributed by atoms with Crippen molar-refractivity contribution in [1.29, 1.82) is 0 Å². The van der Waals surface area contributed by atoms with Gasteiger partial charge in [0.15, 0.2) is 0 Å². The first-order chi connectivity index (χ1) is 16.7. The predicted molar refractivity (Wildman–Crippen MR) is 126 cm³/mol. The van der Waals surface area contributed by atoms with Gasteiger partial charge in [-0.1, -0.05) is 0 Å². The van der Waals surface area contributed by atoms with Crippen LogP contribution in [-0.4, -0.2) is 50.5 Å². The van der Waals surface area contributed by atoms with Crippen LogP contribution in [0.3, 0.4) is 0 Å². The summed E-state index contributed by atoms with van der Waals surface area (Å²) in [7, 11) is -3.28. The van der Waals surface area contributed by atoms with Crippen LogP contribution < -0.4 is 15.8 Å². The van der Waals surface area contributed by atoms with Gasteiger partial charge in [0, 0.05) is 0 Å². The van der Waals surface area contributed by atoms with Gasteiger partial charge in [-0.25, -0.2) is 0 Å². The number of nitrogens with zero attached hydrogens (tertiary/aromatic N) is 4. The van der Waals surface area contributed by atoms with Gasteiger partial charge in [-0.2, -0.15) is 0 Å². The summed E-state index contributed by atoms with van der Waals surface area (Å²) in [6.07, 6.45) is 1.66. The van der Waals surface area contributed by atoms with Crippen molar-refractivity contribution in [3.63, 3.8) is 0 Å². The molecule has 2 aromatic heterocycles. The summed E-state index contributed by atoms with van der Waals surface area (Å²) in [5.41, 5.74) is -0.696. The molecule has 170 valence electrons. The number of fused-ring (bicyclic) bond motifs is 1. The monoisotopic (exact) mass is 471 g/mol. The number of hydrogen-bond acceptors (Lipinski definition) is 6. The van der Waals surface area contributed by atoms with Gasteiger partial charge in [0.25, 0.3) is 0 Å². The second-order valence-corrected chi connectivity index (χ2v) is 11.6. The quantitative estimate of drug-likeness (QED) is 0.444. The van der Waals surface area contributed by atoms with E-state index in [0.717, 1.165) is 18.2 Å². The zero-order valence-corrected chi connectivity index (χ0v) is 18.4. The van der Waals surface area contributed by atoms with Crippen molar-refractivity contribution in [3.05, 3.63) is 88.1 Å². The standard InChI is InChI=1S/C23H22F2N5O2P/c24-16-3-4-17-18(14-16)22(31)29-28-20(17)12-15-2-5-19(25)21(13-15)33(32)10-8-30(9-11-33)23-26-6-1-7-27-23/h1-7,13-14,32-33H,8-12H2,(H,29,31)/i12D2. The van der Waals surface area contributed by atoms with Gasteiger partial charge in [0.2, 0.25) is 0 Å². The molecule has 0 amide bonds. The first kappa shape index (κ1) is 19.2. The topological polar surface area (TPSA) is 95.0 Å². The average molecular weight is 471 g/mol. The molecule has 0 radical (unpaired) electrons. The summed E-state index contributed by atoms with van der Waals surface area (Å²) in [6, 6.07) is 8.96. The van der Waals surface area contributed by atoms with Crippen LogP contribution in [0.2, 0.25) is 0 Å². The van der Waals surface area contributed by atoms with E-state index in [1.807, 2.05) is 4.90 Å². The number of benzene rings is 2. The molecule has 2 N–H and O–H groups in total. The van der Waals surface area contributed by atoms with E-state index in [9.17, 15) is 18.5 Å². The molecule has 0 unspecified atom stereocenters. The van der Waals surface area contributed by atoms with Gasteiger partial charge in [-0.15, -0.1) is 0 Å². The second-order valence-electron chi connectivity index (χ2n) is 7.98. The van der Waals surface area contributed by atoms with Crippen molar-refractivity contribution in [3.8, 4) is 0 Å². The molecule has 0 saturated carbocycles. The Bertz CT molecular complexity index is 1460. The fraction of sp³-hybridized carbons (Fsp3) is 0.217. The SMILES string of the molecule is [2H]C([2H])(c1ccc(F)c([PH]2(O)CCN(c3ncccn3)CC2)c1)c1n[nH]c(=O)c2cc(F)ccc12. The fourth-order valence-electron chi connectivity index (χ4n) is 4.13. The molecular formula is C23H22F2N5O2P. The van der Waals surface area contributed by atoms with E-state index in [-0.39, 0.29) is 27.3 Å². The molecule has 1 aliphatic heterocycles. The maximum atomic E-state index is 15.0. The number of hydrogen-bond donors (Lipinski definition) is 2. The molecule has 3 heterocycles. The Labute approximate surface area is 191 Å². The van der Waals surface area contributed by atoms with Crippen LogP contribution in [0.25, 0.3) is 10.8 Å². The average Bonchev–Trinajstić information content (AvgIpc) is 2.85. The summed E-state index contributed by atoms with van der Waals surface area (Å²) in [4.78, 5) is 34.0. The summed E-state index contributed by atoms with van der Waals surface area (Å²) < 4.78 is 46.2. The zero-order chi connectivity index (χ0) is 24.8. The number of nitrogens with one attached hydrogen (secondary N) is 1. The number of halogens is 2. The number of rotatable bonds is 4. The van der Waals surface area contributed by atoms with Crippen molar-refractivity contribution in [2.45, 2.75) is 6.37 Å². The van der Waals surface area contributed by atoms with E-state index >= 15 is 0 Å². The van der Waals surface area contributed by atoms with Crippen molar-refractivity contribution in [2.75, 3.05) is 30.3 Å². The second kappa shape index (κ2) is 8.57. The number of anilines is 1. The Morgan fingerprint density at radius 3 is 2.61 bits per heavy atom. The number of aromatic nitrogens is 4. The molecule has 2 aromatic carbocycles. The van der Waals surface area contributed by atoms with Gasteiger partial charge in [0.1, 0.15) is 0 Å². The number of aromatic amines is 1. The summed E-state index contributed by atoms with van der Waals surface area (Å²) in [6.45, 7) is 0.891.